The lowest BCUT2D eigenvalue weighted by Gasteiger charge is -2.13. The largest absolute Gasteiger partial charge is 0.384 e. The first-order chi connectivity index (χ1) is 9.97. The Kier molecular flexibility index (Phi) is 7.75. The lowest BCUT2D eigenvalue weighted by molar-refractivity contribution is 0.544. The van der Waals surface area contributed by atoms with Crippen LogP contribution in [0.4, 0.5) is 5.69 Å². The van der Waals surface area contributed by atoms with Crippen LogP contribution < -0.4 is 10.0 Å². The average molecular weight is 312 g/mol. The topological polar surface area (TPSA) is 58.2 Å². The summed E-state index contributed by atoms with van der Waals surface area (Å²) in [4.78, 5) is 0.335. The molecule has 120 valence electrons. The number of sulfonamides is 1. The fraction of sp³-hybridized carbons (Fsp3) is 0.625. The Morgan fingerprint density at radius 3 is 2.48 bits per heavy atom. The van der Waals surface area contributed by atoms with Crippen molar-refractivity contribution in [2.45, 2.75) is 51.3 Å². The molecular weight excluding hydrogens is 284 g/mol. The zero-order valence-corrected chi connectivity index (χ0v) is 14.2. The number of rotatable bonds is 10. The van der Waals surface area contributed by atoms with Gasteiger partial charge in [-0.1, -0.05) is 45.7 Å². The summed E-state index contributed by atoms with van der Waals surface area (Å²) in [6.45, 7) is 7.64. The third kappa shape index (κ3) is 6.48. The SMILES string of the molecule is CCCNS(=O)(=O)c1ccccc1NCCCCC(C)C. The minimum atomic E-state index is -3.42. The van der Waals surface area contributed by atoms with Gasteiger partial charge in [-0.25, -0.2) is 13.1 Å². The Hall–Kier alpha value is -1.07. The Bertz CT molecular complexity index is 513. The van der Waals surface area contributed by atoms with Crippen molar-refractivity contribution in [1.29, 1.82) is 0 Å². The molecule has 1 aromatic carbocycles. The van der Waals surface area contributed by atoms with Crippen molar-refractivity contribution in [3.05, 3.63) is 24.3 Å². The zero-order chi connectivity index (χ0) is 15.7. The van der Waals surface area contributed by atoms with Crippen LogP contribution in [-0.2, 0) is 10.0 Å². The molecule has 0 atom stereocenters. The van der Waals surface area contributed by atoms with Gasteiger partial charge in [0.15, 0.2) is 0 Å². The fourth-order valence-corrected chi connectivity index (χ4v) is 3.38. The minimum absolute atomic E-state index is 0.335. The van der Waals surface area contributed by atoms with E-state index in [0.29, 0.717) is 17.1 Å². The number of nitrogens with one attached hydrogen (secondary N) is 2. The first kappa shape index (κ1) is 18.0. The second kappa shape index (κ2) is 9.05. The number of benzene rings is 1. The molecule has 0 fully saturated rings. The summed E-state index contributed by atoms with van der Waals surface area (Å²) < 4.78 is 27.1. The smallest absolute Gasteiger partial charge is 0.242 e. The number of hydrogen-bond acceptors (Lipinski definition) is 3. The monoisotopic (exact) mass is 312 g/mol. The highest BCUT2D eigenvalue weighted by atomic mass is 32.2. The van der Waals surface area contributed by atoms with Crippen LogP contribution in [0.1, 0.15) is 46.5 Å². The first-order valence-corrected chi connectivity index (χ1v) is 9.28. The van der Waals surface area contributed by atoms with Gasteiger partial charge in [0.1, 0.15) is 4.90 Å². The molecule has 0 unspecified atom stereocenters. The van der Waals surface area contributed by atoms with Crippen molar-refractivity contribution in [2.75, 3.05) is 18.4 Å². The summed E-state index contributed by atoms with van der Waals surface area (Å²) in [6.07, 6.45) is 4.20. The molecule has 0 heterocycles. The normalized spacial score (nSPS) is 11.8. The van der Waals surface area contributed by atoms with Crippen LogP contribution >= 0.6 is 0 Å². The van der Waals surface area contributed by atoms with Crippen molar-refractivity contribution in [3.8, 4) is 0 Å². The molecule has 0 bridgehead atoms. The molecule has 0 amide bonds. The number of hydrogen-bond donors (Lipinski definition) is 2. The van der Waals surface area contributed by atoms with E-state index >= 15 is 0 Å². The lowest BCUT2D eigenvalue weighted by atomic mass is 10.1. The van der Waals surface area contributed by atoms with Gasteiger partial charge in [0.25, 0.3) is 0 Å². The maximum atomic E-state index is 12.2. The molecule has 21 heavy (non-hydrogen) atoms. The predicted molar refractivity (Wildman–Crippen MR) is 89.1 cm³/mol. The molecule has 0 spiro atoms. The first-order valence-electron chi connectivity index (χ1n) is 7.80. The standard InChI is InChI=1S/C16H28N2O2S/c1-4-12-18-21(19,20)16-11-6-5-10-15(16)17-13-8-7-9-14(2)3/h5-6,10-11,14,17-18H,4,7-9,12-13H2,1-3H3. The van der Waals surface area contributed by atoms with Crippen molar-refractivity contribution in [2.24, 2.45) is 5.92 Å². The number of unbranched alkanes of at least 4 members (excludes halogenated alkanes) is 1. The number of para-hydroxylation sites is 1. The van der Waals surface area contributed by atoms with Crippen molar-refractivity contribution >= 4 is 15.7 Å². The molecule has 0 saturated carbocycles. The van der Waals surface area contributed by atoms with Gasteiger partial charge in [-0.05, 0) is 30.9 Å². The molecule has 0 aliphatic heterocycles. The van der Waals surface area contributed by atoms with Gasteiger partial charge in [-0.3, -0.25) is 0 Å². The molecule has 0 aliphatic carbocycles. The molecular formula is C16H28N2O2S. The van der Waals surface area contributed by atoms with Crippen molar-refractivity contribution in [3.63, 3.8) is 0 Å². The maximum absolute atomic E-state index is 12.2. The molecule has 0 saturated heterocycles. The van der Waals surface area contributed by atoms with Gasteiger partial charge < -0.3 is 5.32 Å². The van der Waals surface area contributed by atoms with E-state index < -0.39 is 10.0 Å². The van der Waals surface area contributed by atoms with Gasteiger partial charge in [0.05, 0.1) is 5.69 Å². The highest BCUT2D eigenvalue weighted by Crippen LogP contribution is 2.20. The summed E-state index contributed by atoms with van der Waals surface area (Å²) in [5.41, 5.74) is 0.686. The molecule has 4 nitrogen and oxygen atoms in total. The summed E-state index contributed by atoms with van der Waals surface area (Å²) in [5, 5.41) is 3.25. The van der Waals surface area contributed by atoms with E-state index in [2.05, 4.69) is 23.9 Å². The Labute approximate surface area is 129 Å². The fourth-order valence-electron chi connectivity index (χ4n) is 2.06. The van der Waals surface area contributed by atoms with Crippen LogP contribution in [0, 0.1) is 5.92 Å². The van der Waals surface area contributed by atoms with Gasteiger partial charge in [-0.15, -0.1) is 0 Å². The summed E-state index contributed by atoms with van der Waals surface area (Å²) in [7, 11) is -3.42. The molecule has 5 heteroatoms. The van der Waals surface area contributed by atoms with Crippen LogP contribution in [0.3, 0.4) is 0 Å². The van der Waals surface area contributed by atoms with E-state index in [9.17, 15) is 8.42 Å². The van der Waals surface area contributed by atoms with Gasteiger partial charge >= 0.3 is 0 Å². The molecule has 0 aliphatic rings. The van der Waals surface area contributed by atoms with E-state index in [1.165, 1.54) is 6.42 Å². The Morgan fingerprint density at radius 1 is 1.10 bits per heavy atom. The second-order valence-electron chi connectivity index (χ2n) is 5.71. The Morgan fingerprint density at radius 2 is 1.81 bits per heavy atom. The molecule has 2 N–H and O–H groups in total. The van der Waals surface area contributed by atoms with Gasteiger partial charge in [0, 0.05) is 13.1 Å². The summed E-state index contributed by atoms with van der Waals surface area (Å²) in [6, 6.07) is 7.08. The van der Waals surface area contributed by atoms with Crippen LogP contribution in [0.15, 0.2) is 29.2 Å². The number of anilines is 1. The van der Waals surface area contributed by atoms with Crippen molar-refractivity contribution < 1.29 is 8.42 Å². The van der Waals surface area contributed by atoms with E-state index in [0.717, 1.165) is 31.7 Å². The van der Waals surface area contributed by atoms with Gasteiger partial charge in [-0.2, -0.15) is 0 Å². The molecule has 0 aromatic heterocycles. The predicted octanol–water partition coefficient (Wildman–Crippen LogP) is 3.61. The zero-order valence-electron chi connectivity index (χ0n) is 13.4. The van der Waals surface area contributed by atoms with E-state index in [1.54, 1.807) is 12.1 Å². The minimum Gasteiger partial charge on any atom is -0.384 e. The summed E-state index contributed by atoms with van der Waals surface area (Å²) in [5.74, 6) is 0.718. The maximum Gasteiger partial charge on any atom is 0.242 e. The third-order valence-electron chi connectivity index (χ3n) is 3.24. The molecule has 1 rings (SSSR count). The quantitative estimate of drug-likeness (QED) is 0.649. The highest BCUT2D eigenvalue weighted by Gasteiger charge is 2.16. The average Bonchev–Trinajstić information content (AvgIpc) is 2.45. The summed E-state index contributed by atoms with van der Waals surface area (Å²) >= 11 is 0. The van der Waals surface area contributed by atoms with Crippen molar-refractivity contribution in [1.82, 2.24) is 4.72 Å². The van der Waals surface area contributed by atoms with E-state index in [1.807, 2.05) is 19.1 Å². The molecule has 1 aromatic rings. The van der Waals surface area contributed by atoms with Crippen LogP contribution in [0.25, 0.3) is 0 Å². The molecule has 0 radical (unpaired) electrons. The van der Waals surface area contributed by atoms with Gasteiger partial charge in [0.2, 0.25) is 10.0 Å². The van der Waals surface area contributed by atoms with E-state index in [-0.39, 0.29) is 0 Å². The Balaban J connectivity index is 2.63. The highest BCUT2D eigenvalue weighted by molar-refractivity contribution is 7.89. The van der Waals surface area contributed by atoms with Crippen LogP contribution in [0.5, 0.6) is 0 Å². The van der Waals surface area contributed by atoms with E-state index in [4.69, 9.17) is 0 Å². The third-order valence-corrected chi connectivity index (χ3v) is 4.76. The van der Waals surface area contributed by atoms with Crippen LogP contribution in [0.2, 0.25) is 0 Å². The van der Waals surface area contributed by atoms with Crippen LogP contribution in [-0.4, -0.2) is 21.5 Å². The second-order valence-corrected chi connectivity index (χ2v) is 7.45. The lowest BCUT2D eigenvalue weighted by Crippen LogP contribution is -2.25.